The number of fused-ring (bicyclic) bond motifs is 1. The zero-order valence-electron chi connectivity index (χ0n) is 13.4. The summed E-state index contributed by atoms with van der Waals surface area (Å²) in [5.74, 6) is 1.79. The van der Waals surface area contributed by atoms with E-state index in [9.17, 15) is 4.79 Å². The third-order valence-corrected chi connectivity index (χ3v) is 4.46. The number of nitrogens with zero attached hydrogens (tertiary/aromatic N) is 3. The lowest BCUT2D eigenvalue weighted by Crippen LogP contribution is -2.48. The van der Waals surface area contributed by atoms with Crippen LogP contribution in [0.3, 0.4) is 0 Å². The molecule has 126 valence electrons. The van der Waals surface area contributed by atoms with Crippen molar-refractivity contribution in [2.75, 3.05) is 33.0 Å². The van der Waals surface area contributed by atoms with E-state index in [-0.39, 0.29) is 5.91 Å². The van der Waals surface area contributed by atoms with E-state index in [0.29, 0.717) is 13.2 Å². The van der Waals surface area contributed by atoms with E-state index in [2.05, 4.69) is 20.9 Å². The standard InChI is InChI=1S/C17H20N4O3/c22-17(8-14-9-18-11-19-14)21-5-3-20(4-6-21)10-13-1-2-15-16(7-13)24-12-23-15/h1-2,7,9,11H,3-6,8,10,12H2,(H,18,19). The number of ether oxygens (including phenoxy) is 2. The van der Waals surface area contributed by atoms with E-state index in [1.165, 1.54) is 5.56 Å². The van der Waals surface area contributed by atoms with Gasteiger partial charge in [0, 0.05) is 44.6 Å². The van der Waals surface area contributed by atoms with Crippen LogP contribution in [-0.2, 0) is 17.8 Å². The molecular weight excluding hydrogens is 308 g/mol. The predicted molar refractivity (Wildman–Crippen MR) is 86.7 cm³/mol. The molecule has 0 aliphatic carbocycles. The summed E-state index contributed by atoms with van der Waals surface area (Å²) in [5.41, 5.74) is 2.07. The summed E-state index contributed by atoms with van der Waals surface area (Å²) in [6, 6.07) is 6.07. The van der Waals surface area contributed by atoms with Gasteiger partial charge in [0.25, 0.3) is 0 Å². The minimum Gasteiger partial charge on any atom is -0.454 e. The molecule has 0 unspecified atom stereocenters. The molecule has 7 heteroatoms. The van der Waals surface area contributed by atoms with Crippen LogP contribution < -0.4 is 9.47 Å². The Bertz CT molecular complexity index is 709. The van der Waals surface area contributed by atoms with Crippen molar-refractivity contribution in [3.63, 3.8) is 0 Å². The van der Waals surface area contributed by atoms with Gasteiger partial charge in [-0.2, -0.15) is 0 Å². The number of carbonyl (C=O) groups excluding carboxylic acids is 1. The summed E-state index contributed by atoms with van der Waals surface area (Å²) in [7, 11) is 0. The minimum atomic E-state index is 0.155. The van der Waals surface area contributed by atoms with Gasteiger partial charge in [-0.05, 0) is 17.7 Å². The first-order chi connectivity index (χ1) is 11.8. The Balaban J connectivity index is 1.29. The average molecular weight is 328 g/mol. The van der Waals surface area contributed by atoms with Gasteiger partial charge in [-0.3, -0.25) is 9.69 Å². The number of nitrogens with one attached hydrogen (secondary N) is 1. The molecular formula is C17H20N4O3. The Morgan fingerprint density at radius 1 is 1.17 bits per heavy atom. The first kappa shape index (κ1) is 15.0. The summed E-state index contributed by atoms with van der Waals surface area (Å²) < 4.78 is 10.8. The molecule has 2 aliphatic rings. The van der Waals surface area contributed by atoms with Crippen molar-refractivity contribution in [1.82, 2.24) is 19.8 Å². The van der Waals surface area contributed by atoms with E-state index in [0.717, 1.165) is 49.9 Å². The number of aromatic nitrogens is 2. The summed E-state index contributed by atoms with van der Waals surface area (Å²) in [6.07, 6.45) is 3.70. The number of benzene rings is 1. The van der Waals surface area contributed by atoms with E-state index >= 15 is 0 Å². The van der Waals surface area contributed by atoms with Gasteiger partial charge in [0.1, 0.15) is 0 Å². The van der Waals surface area contributed by atoms with Crippen LogP contribution >= 0.6 is 0 Å². The monoisotopic (exact) mass is 328 g/mol. The average Bonchev–Trinajstić information content (AvgIpc) is 3.26. The molecule has 1 fully saturated rings. The number of amides is 1. The Morgan fingerprint density at radius 3 is 2.79 bits per heavy atom. The van der Waals surface area contributed by atoms with Crippen molar-refractivity contribution in [2.24, 2.45) is 0 Å². The fraction of sp³-hybridized carbons (Fsp3) is 0.412. The fourth-order valence-corrected chi connectivity index (χ4v) is 3.11. The second-order valence-corrected chi connectivity index (χ2v) is 6.10. The summed E-state index contributed by atoms with van der Waals surface area (Å²) in [6.45, 7) is 4.44. The number of hydrogen-bond acceptors (Lipinski definition) is 5. The number of piperazine rings is 1. The van der Waals surface area contributed by atoms with Gasteiger partial charge in [-0.1, -0.05) is 6.07 Å². The molecule has 2 aromatic rings. The highest BCUT2D eigenvalue weighted by atomic mass is 16.7. The van der Waals surface area contributed by atoms with Crippen LogP contribution in [0, 0.1) is 0 Å². The van der Waals surface area contributed by atoms with Crippen LogP contribution in [0.2, 0.25) is 0 Å². The van der Waals surface area contributed by atoms with Crippen molar-refractivity contribution < 1.29 is 14.3 Å². The summed E-state index contributed by atoms with van der Waals surface area (Å²) in [5, 5.41) is 0. The molecule has 0 radical (unpaired) electrons. The van der Waals surface area contributed by atoms with E-state index in [4.69, 9.17) is 9.47 Å². The molecule has 1 N–H and O–H groups in total. The third-order valence-electron chi connectivity index (χ3n) is 4.46. The summed E-state index contributed by atoms with van der Waals surface area (Å²) >= 11 is 0. The van der Waals surface area contributed by atoms with Gasteiger partial charge in [0.15, 0.2) is 11.5 Å². The van der Waals surface area contributed by atoms with Crippen LogP contribution in [0.1, 0.15) is 11.3 Å². The number of aromatic amines is 1. The first-order valence-electron chi connectivity index (χ1n) is 8.14. The van der Waals surface area contributed by atoms with Crippen molar-refractivity contribution in [1.29, 1.82) is 0 Å². The number of rotatable bonds is 4. The Labute approximate surface area is 140 Å². The van der Waals surface area contributed by atoms with Gasteiger partial charge in [0.05, 0.1) is 12.7 Å². The highest BCUT2D eigenvalue weighted by Gasteiger charge is 2.22. The fourth-order valence-electron chi connectivity index (χ4n) is 3.11. The highest BCUT2D eigenvalue weighted by molar-refractivity contribution is 5.78. The third kappa shape index (κ3) is 3.21. The summed E-state index contributed by atoms with van der Waals surface area (Å²) in [4.78, 5) is 23.5. The van der Waals surface area contributed by atoms with Crippen LogP contribution in [0.25, 0.3) is 0 Å². The molecule has 1 saturated heterocycles. The topological polar surface area (TPSA) is 70.7 Å². The number of imidazole rings is 1. The molecule has 0 bridgehead atoms. The molecule has 0 atom stereocenters. The van der Waals surface area contributed by atoms with Crippen LogP contribution in [0.4, 0.5) is 0 Å². The Kier molecular flexibility index (Phi) is 4.08. The lowest BCUT2D eigenvalue weighted by Gasteiger charge is -2.34. The normalized spacial score (nSPS) is 17.2. The molecule has 1 aromatic carbocycles. The molecule has 3 heterocycles. The van der Waals surface area contributed by atoms with Crippen molar-refractivity contribution in [3.8, 4) is 11.5 Å². The number of hydrogen-bond donors (Lipinski definition) is 1. The predicted octanol–water partition coefficient (Wildman–Crippen LogP) is 1.03. The quantitative estimate of drug-likeness (QED) is 0.907. The molecule has 24 heavy (non-hydrogen) atoms. The molecule has 4 rings (SSSR count). The second kappa shape index (κ2) is 6.52. The van der Waals surface area contributed by atoms with Crippen LogP contribution in [-0.4, -0.2) is 58.6 Å². The van der Waals surface area contributed by atoms with E-state index < -0.39 is 0 Å². The maximum atomic E-state index is 12.3. The maximum Gasteiger partial charge on any atom is 0.231 e. The zero-order valence-corrected chi connectivity index (χ0v) is 13.4. The lowest BCUT2D eigenvalue weighted by molar-refractivity contribution is -0.132. The Morgan fingerprint density at radius 2 is 2.00 bits per heavy atom. The molecule has 1 aromatic heterocycles. The van der Waals surface area contributed by atoms with Gasteiger partial charge in [-0.15, -0.1) is 0 Å². The zero-order chi connectivity index (χ0) is 16.4. The van der Waals surface area contributed by atoms with Gasteiger partial charge in [0.2, 0.25) is 12.7 Å². The number of carbonyl (C=O) groups is 1. The molecule has 0 spiro atoms. The van der Waals surface area contributed by atoms with E-state index in [1.807, 2.05) is 17.0 Å². The largest absolute Gasteiger partial charge is 0.454 e. The minimum absolute atomic E-state index is 0.155. The SMILES string of the molecule is O=C(Cc1cnc[nH]1)N1CCN(Cc2ccc3c(c2)OCO3)CC1. The van der Waals surface area contributed by atoms with E-state index in [1.54, 1.807) is 12.5 Å². The maximum absolute atomic E-state index is 12.3. The first-order valence-corrected chi connectivity index (χ1v) is 8.14. The van der Waals surface area contributed by atoms with Gasteiger partial charge < -0.3 is 19.4 Å². The molecule has 7 nitrogen and oxygen atoms in total. The molecule has 1 amide bonds. The molecule has 2 aliphatic heterocycles. The van der Waals surface area contributed by atoms with Crippen LogP contribution in [0.5, 0.6) is 11.5 Å². The van der Waals surface area contributed by atoms with Crippen molar-refractivity contribution in [3.05, 3.63) is 42.0 Å². The van der Waals surface area contributed by atoms with Gasteiger partial charge in [-0.25, -0.2) is 4.98 Å². The van der Waals surface area contributed by atoms with Crippen LogP contribution in [0.15, 0.2) is 30.7 Å². The van der Waals surface area contributed by atoms with Crippen molar-refractivity contribution in [2.45, 2.75) is 13.0 Å². The smallest absolute Gasteiger partial charge is 0.231 e. The second-order valence-electron chi connectivity index (χ2n) is 6.10. The highest BCUT2D eigenvalue weighted by Crippen LogP contribution is 2.32. The molecule has 0 saturated carbocycles. The lowest BCUT2D eigenvalue weighted by atomic mass is 10.1. The van der Waals surface area contributed by atoms with Gasteiger partial charge >= 0.3 is 0 Å². The Hall–Kier alpha value is -2.54. The van der Waals surface area contributed by atoms with Crippen molar-refractivity contribution >= 4 is 5.91 Å². The number of H-pyrrole nitrogens is 1.